The van der Waals surface area contributed by atoms with Crippen molar-refractivity contribution in [3.05, 3.63) is 124 Å². The third-order valence-electron chi connectivity index (χ3n) is 26.8. The van der Waals surface area contributed by atoms with E-state index in [9.17, 15) is 50.7 Å². The first kappa shape index (κ1) is 117. The summed E-state index contributed by atoms with van der Waals surface area (Å²) in [5.74, 6) is 0.146. The van der Waals surface area contributed by atoms with Crippen molar-refractivity contribution in [3.8, 4) is 0 Å². The zero-order valence-corrected chi connectivity index (χ0v) is 96.7. The van der Waals surface area contributed by atoms with Crippen LogP contribution >= 0.6 is 36.7 Å². The first-order valence-corrected chi connectivity index (χ1v) is 65.5. The summed E-state index contributed by atoms with van der Waals surface area (Å²) in [5.41, 5.74) is -0.573. The Labute approximate surface area is 856 Å². The first-order valence-electron chi connectivity index (χ1n) is 48.8. The lowest BCUT2D eigenvalue weighted by Crippen LogP contribution is -2.66. The lowest BCUT2D eigenvalue weighted by molar-refractivity contribution is -0.115. The minimum absolute atomic E-state index is 0.0319. The molecule has 0 spiro atoms. The van der Waals surface area contributed by atoms with Crippen LogP contribution in [-0.2, 0) is 96.6 Å². The number of aliphatic hydroxyl groups is 1. The Hall–Kier alpha value is -6.97. The molecule has 14 heterocycles. The molecule has 52 heteroatoms. The largest absolute Gasteiger partial charge is 0.460 e. The second-order valence-corrected chi connectivity index (χ2v) is 72.9. The zero-order chi connectivity index (χ0) is 105. The maximum atomic E-state index is 13.4. The highest BCUT2D eigenvalue weighted by Crippen LogP contribution is 2.54. The number of imidazole rings is 3. The summed E-state index contributed by atoms with van der Waals surface area (Å²) in [6.07, 6.45) is 12.6. The number of sulfone groups is 2. The fraction of sp³-hybridized carbons (Fsp3) is 0.700. The molecule has 0 aromatic carbocycles. The summed E-state index contributed by atoms with van der Waals surface area (Å²) in [5, 5.41) is 19.8. The molecule has 0 bridgehead atoms. The molecule has 792 valence electrons. The van der Waals surface area contributed by atoms with Gasteiger partial charge in [0.25, 0.3) is 10.3 Å². The molecule has 12 atom stereocenters. The molecule has 3 unspecified atom stereocenters. The lowest BCUT2D eigenvalue weighted by Gasteiger charge is -2.51. The summed E-state index contributed by atoms with van der Waals surface area (Å²) >= 11 is 16.5. The molecule has 8 aliphatic heterocycles. The predicted molar refractivity (Wildman–Crippen MR) is 561 cm³/mol. The van der Waals surface area contributed by atoms with E-state index >= 15 is 0 Å². The van der Waals surface area contributed by atoms with E-state index in [1.54, 1.807) is 68.4 Å². The van der Waals surface area contributed by atoms with E-state index in [1.807, 2.05) is 0 Å². The number of rotatable bonds is 20. The molecule has 8 aliphatic rings. The molecule has 142 heavy (non-hydrogen) atoms. The molecule has 0 aliphatic carbocycles. The van der Waals surface area contributed by atoms with Crippen molar-refractivity contribution in [2.75, 3.05) is 71.9 Å². The van der Waals surface area contributed by atoms with Crippen LogP contribution in [0.3, 0.4) is 0 Å². The van der Waals surface area contributed by atoms with E-state index in [1.165, 1.54) is 77.6 Å². The number of thiocarbonyl (C=S) groups is 3. The molecule has 8 saturated heterocycles. The van der Waals surface area contributed by atoms with E-state index in [0.29, 0.717) is 16.6 Å². The average Bonchev–Trinajstić information content (AvgIpc) is 1.49. The summed E-state index contributed by atoms with van der Waals surface area (Å²) in [6.45, 7) is 56.1. The Morgan fingerprint density at radius 1 is 0.394 bits per heavy atom. The monoisotopic (exact) mass is 2180 g/mol. The van der Waals surface area contributed by atoms with Crippen LogP contribution in [-0.4, -0.2) is 280 Å². The van der Waals surface area contributed by atoms with Gasteiger partial charge < -0.3 is 88.5 Å². The maximum absolute atomic E-state index is 13.4. The number of hydrogen-bond donors (Lipinski definition) is 4. The second kappa shape index (κ2) is 49.0. The minimum atomic E-state index is -3.15. The normalized spacial score (nSPS) is 25.6. The van der Waals surface area contributed by atoms with Crippen LogP contribution in [0.15, 0.2) is 107 Å². The molecule has 3 amide bonds. The zero-order valence-electron chi connectivity index (χ0n) is 86.6. The summed E-state index contributed by atoms with van der Waals surface area (Å²) in [6, 6.07) is 4.54. The molecule has 6 aromatic rings. The Morgan fingerprint density at radius 3 is 0.958 bits per heavy atom. The molecule has 8 fully saturated rings. The van der Waals surface area contributed by atoms with Crippen LogP contribution in [0.4, 0.5) is 17.5 Å². The highest BCUT2D eigenvalue weighted by Gasteiger charge is 2.67. The first-order chi connectivity index (χ1) is 66.5. The fourth-order valence-electron chi connectivity index (χ4n) is 19.3. The Balaban J connectivity index is 0.000000199. The molecular weight excluding hydrogens is 2030 g/mol. The van der Waals surface area contributed by atoms with Crippen molar-refractivity contribution in [1.82, 2.24) is 62.2 Å². The van der Waals surface area contributed by atoms with E-state index in [4.69, 9.17) is 99.2 Å². The molecule has 0 radical (unpaired) electrons. The Kier molecular flexibility index (Phi) is 40.3. The number of fused-ring (bicyclic) bond motifs is 3. The van der Waals surface area contributed by atoms with Gasteiger partial charge in [-0.3, -0.25) is 41.8 Å². The number of anilines is 3. The number of aromatic nitrogens is 12. The third kappa shape index (κ3) is 26.8. The van der Waals surface area contributed by atoms with Crippen molar-refractivity contribution in [1.29, 1.82) is 0 Å². The van der Waals surface area contributed by atoms with Crippen molar-refractivity contribution >= 4 is 158 Å². The highest BCUT2D eigenvalue weighted by atomic mass is 32.2. The molecular formula is C90H148N16O25S5Si6. The van der Waals surface area contributed by atoms with Gasteiger partial charge in [-0.05, 0) is 134 Å². The van der Waals surface area contributed by atoms with Gasteiger partial charge in [0.2, 0.25) is 17.7 Å². The van der Waals surface area contributed by atoms with Crippen LogP contribution < -0.4 is 33.0 Å². The molecule has 6 aromatic heterocycles. The molecule has 41 nitrogen and oxygen atoms in total. The van der Waals surface area contributed by atoms with Crippen molar-refractivity contribution < 1.29 is 98.9 Å². The highest BCUT2D eigenvalue weighted by molar-refractivity contribution is 7.91. The molecule has 0 saturated carbocycles. The second-order valence-electron chi connectivity index (χ2n) is 40.6. The van der Waals surface area contributed by atoms with E-state index < -0.39 is 162 Å². The number of nitrogens with zero attached hydrogens (tertiary/aromatic N) is 13. The van der Waals surface area contributed by atoms with Crippen molar-refractivity contribution in [2.24, 2.45) is 0 Å². The van der Waals surface area contributed by atoms with Crippen molar-refractivity contribution in [2.45, 2.75) is 346 Å². The minimum Gasteiger partial charge on any atom is -0.460 e. The maximum Gasteiger partial charge on any atom is 0.351 e. The average molecular weight is 2180 g/mol. The van der Waals surface area contributed by atoms with Gasteiger partial charge in [0.05, 0.1) is 42.8 Å². The van der Waals surface area contributed by atoms with Gasteiger partial charge in [-0.2, -0.15) is 15.0 Å². The topological polar surface area (TPSA) is 466 Å². The summed E-state index contributed by atoms with van der Waals surface area (Å²) < 4.78 is 150. The lowest BCUT2D eigenvalue weighted by atomic mass is 10.1. The van der Waals surface area contributed by atoms with Crippen LogP contribution in [0.25, 0.3) is 0 Å². The molecule has 4 N–H and O–H groups in total. The number of carbonyl (C=O) groups is 3. The number of amides is 3. The number of carbonyl (C=O) groups excluding carboxylic acids is 3. The SMILES string of the molecule is CC(=O)Nc1ccn([C@@H]2O[C@@H]3CO[Si](C(C)C)(C(C)C)O[Si](C(C)C)(C(C)C)OC3[C@@H]2O)c(=O)n1.CC(=O)Nc1ccn([C@@H]2O[C@@H]3CO[Si](C(C)C)(C(C)C)O[Si](C(C)C)(C(C)C)OC3[C@@H]2OC(=S)N2CCS(=O)(=O)CC2)c(=O)n1.CC(=O)Nc1ccn([C@@H]2O[C@@H]3CO[Si](C(C)C)(C(C)C)O[Si](C(C)C)(C(C)C)OC3[C@@H]2OC(=S)n2ccnc2)c(=O)n1.O=S1(=O)CCCCC1.S=C(n1ccnc1)n1ccnc1. The number of nitrogens with one attached hydrogen (secondary N) is 3. The standard InChI is InChI=1S/C28H48N4O9S2Si2.C27H43N5O7SSi2.C23H41N3O7Si2.C7H6N4S.C5H10O2S/c1-17(2)44(18(3)4)37-16-22-24(40-45(41-44,19(5)6)20(7)8)25(39-28(42)31-12-14-43(35,36)15-13-31)26(38-22)32-11-10-23(29-21(9)33)30-27(32)34;1-16(2)41(17(3)4)35-14-21-23(38-42(39-41,18(5)6)19(7)8)24(37-27(40)31-13-11-28-15-31)25(36-21)32-12-10-22(29-20(9)33)30-26(32)34;1-13(2)34(14(3)4)30-12-18-21(32-35(33-34,15(5)6)16(7)8)20(28)22(31-18)26-11-10-19(24-17(9)27)25-23(26)29;12-7(10-3-1-8-5-10)11-4-2-9-6-11;6-8(7)4-2-1-3-5-8/h10-11,17-20,22,24-26H,12-16H2,1-9H3,(H,29,30,33,34);10-13,15-19,21,23-25H,14H2,1-9H3,(H,29,30,33,34);10-11,13-16,18,20-22,28H,12H2,1-9H3,(H,24,25,27,29);1-6H;1-5H2/t22-,24?,25+,26-;21-,23?,24+,25-;18-,20+,21?,22-;;/m111../s1. The number of ether oxygens (including phenoxy) is 5. The van der Waals surface area contributed by atoms with Crippen LogP contribution in [0, 0.1) is 0 Å². The van der Waals surface area contributed by atoms with E-state index in [-0.39, 0.29) is 156 Å². The van der Waals surface area contributed by atoms with Crippen LogP contribution in [0.2, 0.25) is 66.5 Å². The van der Waals surface area contributed by atoms with Gasteiger partial charge in [0, 0.05) is 89.6 Å². The van der Waals surface area contributed by atoms with E-state index in [2.05, 4.69) is 212 Å². The quantitative estimate of drug-likeness (QED) is 0.0407. The summed E-state index contributed by atoms with van der Waals surface area (Å²) in [7, 11) is -23.2. The smallest absolute Gasteiger partial charge is 0.351 e. The fourth-order valence-corrected chi connectivity index (χ4v) is 56.4. The van der Waals surface area contributed by atoms with Gasteiger partial charge in [0.1, 0.15) is 89.0 Å². The number of hydrogen-bond acceptors (Lipinski definition) is 34. The predicted octanol–water partition coefficient (Wildman–Crippen LogP) is 12.7. The van der Waals surface area contributed by atoms with Gasteiger partial charge in [-0.15, -0.1) is 0 Å². The van der Waals surface area contributed by atoms with Crippen LogP contribution in [0.5, 0.6) is 0 Å². The molecule has 14 rings (SSSR count). The Morgan fingerprint density at radius 2 is 0.676 bits per heavy atom. The summed E-state index contributed by atoms with van der Waals surface area (Å²) in [4.78, 5) is 99.4. The van der Waals surface area contributed by atoms with Gasteiger partial charge in [0.15, 0.2) is 45.8 Å². The number of aliphatic hydroxyl groups excluding tert-OH is 1. The van der Waals surface area contributed by atoms with Crippen LogP contribution in [0.1, 0.15) is 225 Å². The third-order valence-corrected chi connectivity index (χ3v) is 62.0. The Bertz CT molecular complexity index is 5580. The van der Waals surface area contributed by atoms with E-state index in [0.717, 1.165) is 19.3 Å². The van der Waals surface area contributed by atoms with Gasteiger partial charge in [-0.25, -0.2) is 46.2 Å². The van der Waals surface area contributed by atoms with Crippen molar-refractivity contribution in [3.63, 3.8) is 0 Å². The van der Waals surface area contributed by atoms with Gasteiger partial charge in [-0.1, -0.05) is 173 Å². The van der Waals surface area contributed by atoms with Gasteiger partial charge >= 0.3 is 68.4 Å².